The predicted molar refractivity (Wildman–Crippen MR) is 123 cm³/mol. The second kappa shape index (κ2) is 7.11. The molecule has 8 heteroatoms. The topological polar surface area (TPSA) is 125 Å². The van der Waals surface area contributed by atoms with Crippen molar-refractivity contribution in [3.63, 3.8) is 0 Å². The smallest absolute Gasteiger partial charge is 0.346 e. The van der Waals surface area contributed by atoms with E-state index in [0.717, 1.165) is 29.2 Å². The lowest BCUT2D eigenvalue weighted by atomic mass is 9.85. The van der Waals surface area contributed by atoms with E-state index >= 15 is 0 Å². The van der Waals surface area contributed by atoms with Crippen molar-refractivity contribution >= 4 is 38.1 Å². The number of esters is 2. The van der Waals surface area contributed by atoms with E-state index in [1.54, 1.807) is 12.1 Å². The van der Waals surface area contributed by atoms with Gasteiger partial charge in [-0.1, -0.05) is 18.6 Å². The van der Waals surface area contributed by atoms with Crippen LogP contribution in [0.15, 0.2) is 45.7 Å². The van der Waals surface area contributed by atoms with E-state index in [0.29, 0.717) is 5.56 Å². The zero-order valence-corrected chi connectivity index (χ0v) is 19.3. The summed E-state index contributed by atoms with van der Waals surface area (Å²) in [6, 6.07) is 11.3. The molecule has 2 aliphatic rings. The first kappa shape index (κ1) is 21.6. The Morgan fingerprint density at radius 3 is 2.12 bits per heavy atom. The number of cyclic esters (lactones) is 2. The van der Waals surface area contributed by atoms with E-state index in [2.05, 4.69) is 6.07 Å². The summed E-state index contributed by atoms with van der Waals surface area (Å²) in [7, 11) is -4.21. The van der Waals surface area contributed by atoms with Crippen LogP contribution in [-0.4, -0.2) is 20.4 Å². The molecule has 2 heterocycles. The highest BCUT2D eigenvalue weighted by molar-refractivity contribution is 7.92. The van der Waals surface area contributed by atoms with Crippen LogP contribution in [0, 0.1) is 22.7 Å². The SMILES string of the molecule is CC/C(C)=C(/C)c1ccc2c(c1)-c1c(C#N)cc3c4c(cc(C#N)c(c14)S2(=O)=O)C(=O)OC3=O. The molecule has 34 heavy (non-hydrogen) atoms. The number of rotatable bonds is 2. The molecule has 7 nitrogen and oxygen atoms in total. The number of nitrogens with zero attached hydrogens (tertiary/aromatic N) is 2. The maximum atomic E-state index is 13.8. The molecule has 3 aromatic carbocycles. The number of benzene rings is 3. The number of sulfone groups is 1. The molecule has 0 unspecified atom stereocenters. The number of hydrogen-bond acceptors (Lipinski definition) is 7. The van der Waals surface area contributed by atoms with Gasteiger partial charge in [-0.2, -0.15) is 10.5 Å². The summed E-state index contributed by atoms with van der Waals surface area (Å²) in [4.78, 5) is 24.7. The number of allylic oxidation sites excluding steroid dienone is 2. The van der Waals surface area contributed by atoms with Gasteiger partial charge in [0.1, 0.15) is 6.07 Å². The summed E-state index contributed by atoms with van der Waals surface area (Å²) in [5.74, 6) is -1.93. The van der Waals surface area contributed by atoms with E-state index in [1.807, 2.05) is 26.8 Å². The average molecular weight is 468 g/mol. The number of carbonyl (C=O) groups is 2. The molecule has 0 spiro atoms. The molecule has 0 saturated carbocycles. The molecule has 2 aliphatic heterocycles. The molecular formula is C26H16N2O5S. The fraction of sp³-hybridized carbons (Fsp3) is 0.154. The maximum absolute atomic E-state index is 13.8. The fourth-order valence-corrected chi connectivity index (χ4v) is 6.45. The van der Waals surface area contributed by atoms with Crippen molar-refractivity contribution in [2.24, 2.45) is 0 Å². The van der Waals surface area contributed by atoms with Crippen LogP contribution < -0.4 is 0 Å². The highest BCUT2D eigenvalue weighted by Crippen LogP contribution is 2.50. The molecule has 0 bridgehead atoms. The second-order valence-electron chi connectivity index (χ2n) is 8.27. The minimum atomic E-state index is -4.21. The Kier molecular flexibility index (Phi) is 4.51. The molecule has 0 atom stereocenters. The van der Waals surface area contributed by atoms with Crippen molar-refractivity contribution in [1.29, 1.82) is 10.5 Å². The van der Waals surface area contributed by atoms with E-state index < -0.39 is 21.8 Å². The van der Waals surface area contributed by atoms with Gasteiger partial charge in [-0.25, -0.2) is 18.0 Å². The normalized spacial score (nSPS) is 15.7. The van der Waals surface area contributed by atoms with E-state index in [-0.39, 0.29) is 48.4 Å². The molecule has 3 aromatic rings. The van der Waals surface area contributed by atoms with Gasteiger partial charge in [0.05, 0.1) is 38.1 Å². The Balaban J connectivity index is 2.08. The highest BCUT2D eigenvalue weighted by atomic mass is 32.2. The Labute approximate surface area is 195 Å². The van der Waals surface area contributed by atoms with Crippen molar-refractivity contribution < 1.29 is 22.7 Å². The monoisotopic (exact) mass is 468 g/mol. The second-order valence-corrected chi connectivity index (χ2v) is 10.1. The van der Waals surface area contributed by atoms with Crippen LogP contribution in [0.25, 0.3) is 27.5 Å². The summed E-state index contributed by atoms with van der Waals surface area (Å²) in [6.07, 6.45) is 0.811. The zero-order chi connectivity index (χ0) is 24.5. The van der Waals surface area contributed by atoms with Crippen molar-refractivity contribution in [2.45, 2.75) is 37.0 Å². The summed E-state index contributed by atoms with van der Waals surface area (Å²) < 4.78 is 32.3. The van der Waals surface area contributed by atoms with Gasteiger partial charge in [-0.3, -0.25) is 0 Å². The first-order valence-corrected chi connectivity index (χ1v) is 11.9. The standard InChI is InChI=1S/C26H16N2O5S/c1-4-12(2)13(3)14-5-6-20-17(7-14)21-15(10-27)8-18-22-19(26(30)33-25(18)29)9-16(11-28)24(23(21)22)34(20,31)32/h5-9H,4H2,1-3H3/b13-12-. The number of ether oxygens (including phenoxy) is 1. The van der Waals surface area contributed by atoms with Crippen LogP contribution >= 0.6 is 0 Å². The molecule has 166 valence electrons. The average Bonchev–Trinajstić information content (AvgIpc) is 2.83. The van der Waals surface area contributed by atoms with Crippen molar-refractivity contribution in [1.82, 2.24) is 0 Å². The van der Waals surface area contributed by atoms with Gasteiger partial charge in [-0.15, -0.1) is 0 Å². The lowest BCUT2D eigenvalue weighted by Crippen LogP contribution is -2.23. The fourth-order valence-electron chi connectivity index (χ4n) is 4.67. The number of fused-ring (bicyclic) bond motifs is 2. The molecular weight excluding hydrogens is 452 g/mol. The van der Waals surface area contributed by atoms with Crippen molar-refractivity contribution in [3.8, 4) is 23.3 Å². The Morgan fingerprint density at radius 2 is 1.53 bits per heavy atom. The Hall–Kier alpha value is -4.27. The number of hydrogen-bond donors (Lipinski definition) is 0. The van der Waals surface area contributed by atoms with Gasteiger partial charge in [0.15, 0.2) is 0 Å². The van der Waals surface area contributed by atoms with Gasteiger partial charge in [0.25, 0.3) is 0 Å². The van der Waals surface area contributed by atoms with Gasteiger partial charge >= 0.3 is 11.9 Å². The van der Waals surface area contributed by atoms with Crippen LogP contribution in [0.4, 0.5) is 0 Å². The van der Waals surface area contributed by atoms with E-state index in [4.69, 9.17) is 4.74 Å². The van der Waals surface area contributed by atoms with Crippen LogP contribution in [-0.2, 0) is 14.6 Å². The van der Waals surface area contributed by atoms with Crippen LogP contribution in [0.3, 0.4) is 0 Å². The number of nitriles is 2. The lowest BCUT2D eigenvalue weighted by molar-refractivity contribution is 0.0391. The minimum absolute atomic E-state index is 0.0339. The predicted octanol–water partition coefficient (Wildman–Crippen LogP) is 4.91. The van der Waals surface area contributed by atoms with Gasteiger partial charge in [0.2, 0.25) is 9.84 Å². The minimum Gasteiger partial charge on any atom is -0.386 e. The summed E-state index contributed by atoms with van der Waals surface area (Å²) in [5.41, 5.74) is 3.11. The zero-order valence-electron chi connectivity index (χ0n) is 18.4. The molecule has 5 rings (SSSR count). The van der Waals surface area contributed by atoms with Gasteiger partial charge < -0.3 is 4.74 Å². The largest absolute Gasteiger partial charge is 0.386 e. The Bertz CT molecular complexity index is 1730. The maximum Gasteiger partial charge on any atom is 0.346 e. The van der Waals surface area contributed by atoms with Crippen LogP contribution in [0.1, 0.15) is 64.6 Å². The van der Waals surface area contributed by atoms with Gasteiger partial charge in [-0.05, 0) is 55.7 Å². The third kappa shape index (κ3) is 2.63. The molecule has 0 fully saturated rings. The molecule has 0 aromatic heterocycles. The first-order valence-electron chi connectivity index (χ1n) is 10.5. The van der Waals surface area contributed by atoms with E-state index in [1.165, 1.54) is 12.1 Å². The summed E-state index contributed by atoms with van der Waals surface area (Å²) in [6.45, 7) is 5.95. The molecule has 0 N–H and O–H groups in total. The van der Waals surface area contributed by atoms with Crippen LogP contribution in [0.5, 0.6) is 0 Å². The Morgan fingerprint density at radius 1 is 0.912 bits per heavy atom. The van der Waals surface area contributed by atoms with Crippen LogP contribution in [0.2, 0.25) is 0 Å². The molecule has 0 radical (unpaired) electrons. The first-order chi connectivity index (χ1) is 16.1. The molecule has 0 amide bonds. The summed E-state index contributed by atoms with van der Waals surface area (Å²) in [5, 5.41) is 19.9. The summed E-state index contributed by atoms with van der Waals surface area (Å²) >= 11 is 0. The van der Waals surface area contributed by atoms with Crippen molar-refractivity contribution in [2.75, 3.05) is 0 Å². The highest BCUT2D eigenvalue weighted by Gasteiger charge is 2.40. The lowest BCUT2D eigenvalue weighted by Gasteiger charge is -2.27. The van der Waals surface area contributed by atoms with E-state index in [9.17, 15) is 28.5 Å². The van der Waals surface area contributed by atoms with Crippen molar-refractivity contribution in [3.05, 3.63) is 63.7 Å². The molecule has 0 aliphatic carbocycles. The third-order valence-corrected chi connectivity index (χ3v) is 8.53. The third-order valence-electron chi connectivity index (χ3n) is 6.63. The van der Waals surface area contributed by atoms with Gasteiger partial charge in [0, 0.05) is 21.9 Å². The molecule has 0 saturated heterocycles. The number of carbonyl (C=O) groups excluding carboxylic acids is 2. The quantitative estimate of drug-likeness (QED) is 0.302.